The molecule has 0 bridgehead atoms. The lowest BCUT2D eigenvalue weighted by Gasteiger charge is -2.15. The van der Waals surface area contributed by atoms with E-state index in [9.17, 15) is 13.6 Å². The SMILES string of the molecule is CCC(CC)NC(=O)CNc1ccc2c(c1)OC(F)(F)O2. The molecular weight excluding hydrogens is 282 g/mol. The maximum atomic E-state index is 12.9. The van der Waals surface area contributed by atoms with Gasteiger partial charge in [-0.1, -0.05) is 13.8 Å². The van der Waals surface area contributed by atoms with Gasteiger partial charge in [-0.25, -0.2) is 0 Å². The number of benzene rings is 1. The van der Waals surface area contributed by atoms with Gasteiger partial charge >= 0.3 is 6.29 Å². The van der Waals surface area contributed by atoms with Crippen LogP contribution in [0.25, 0.3) is 0 Å². The Bertz CT molecular complexity index is 519. The summed E-state index contributed by atoms with van der Waals surface area (Å²) in [6.45, 7) is 4.06. The molecule has 0 radical (unpaired) electrons. The van der Waals surface area contributed by atoms with Crippen LogP contribution in [0.4, 0.5) is 14.5 Å². The number of hydrogen-bond donors (Lipinski definition) is 2. The number of amides is 1. The Morgan fingerprint density at radius 2 is 1.90 bits per heavy atom. The zero-order chi connectivity index (χ0) is 15.5. The minimum Gasteiger partial charge on any atom is -0.395 e. The van der Waals surface area contributed by atoms with Gasteiger partial charge < -0.3 is 20.1 Å². The molecule has 5 nitrogen and oxygen atoms in total. The Labute approximate surface area is 121 Å². The van der Waals surface area contributed by atoms with Crippen LogP contribution in [0.1, 0.15) is 26.7 Å². The smallest absolute Gasteiger partial charge is 0.395 e. The molecule has 0 saturated carbocycles. The minimum atomic E-state index is -3.63. The molecule has 2 N–H and O–H groups in total. The third-order valence-electron chi connectivity index (χ3n) is 3.21. The Morgan fingerprint density at radius 3 is 2.57 bits per heavy atom. The molecule has 1 aromatic rings. The summed E-state index contributed by atoms with van der Waals surface area (Å²) < 4.78 is 34.4. The minimum absolute atomic E-state index is 0.0213. The van der Waals surface area contributed by atoms with Crippen molar-refractivity contribution in [2.45, 2.75) is 39.0 Å². The number of halogens is 2. The standard InChI is InChI=1S/C14H18F2N2O3/c1-3-9(4-2)18-13(19)8-17-10-5-6-11-12(7-10)21-14(15,16)20-11/h5-7,9,17H,3-4,8H2,1-2H3,(H,18,19). The van der Waals surface area contributed by atoms with Crippen LogP contribution in [0.15, 0.2) is 18.2 Å². The zero-order valence-corrected chi connectivity index (χ0v) is 11.9. The van der Waals surface area contributed by atoms with Crippen LogP contribution in [0, 0.1) is 0 Å². The number of alkyl halides is 2. The summed E-state index contributed by atoms with van der Waals surface area (Å²) in [5.41, 5.74) is 0.509. The summed E-state index contributed by atoms with van der Waals surface area (Å²) in [7, 11) is 0. The van der Waals surface area contributed by atoms with Crippen molar-refractivity contribution in [1.29, 1.82) is 0 Å². The summed E-state index contributed by atoms with van der Waals surface area (Å²) in [4.78, 5) is 11.7. The monoisotopic (exact) mass is 300 g/mol. The molecule has 1 aromatic carbocycles. The predicted molar refractivity (Wildman–Crippen MR) is 73.6 cm³/mol. The Kier molecular flexibility index (Phi) is 4.50. The second-order valence-corrected chi connectivity index (χ2v) is 4.76. The van der Waals surface area contributed by atoms with Gasteiger partial charge in [-0.05, 0) is 25.0 Å². The lowest BCUT2D eigenvalue weighted by atomic mass is 10.2. The molecule has 0 aliphatic carbocycles. The highest BCUT2D eigenvalue weighted by Crippen LogP contribution is 2.42. The lowest BCUT2D eigenvalue weighted by Crippen LogP contribution is -2.37. The number of anilines is 1. The van der Waals surface area contributed by atoms with Gasteiger partial charge in [0.15, 0.2) is 11.5 Å². The Hall–Kier alpha value is -2.05. The first-order valence-corrected chi connectivity index (χ1v) is 6.86. The quantitative estimate of drug-likeness (QED) is 0.848. The van der Waals surface area contributed by atoms with Crippen LogP contribution in [0.3, 0.4) is 0 Å². The molecular formula is C14H18F2N2O3. The van der Waals surface area contributed by atoms with E-state index in [1.165, 1.54) is 12.1 Å². The average Bonchev–Trinajstić information content (AvgIpc) is 2.75. The Morgan fingerprint density at radius 1 is 1.24 bits per heavy atom. The van der Waals surface area contributed by atoms with Gasteiger partial charge in [-0.15, -0.1) is 8.78 Å². The molecule has 21 heavy (non-hydrogen) atoms. The largest absolute Gasteiger partial charge is 0.586 e. The van der Waals surface area contributed by atoms with Crippen molar-refractivity contribution in [3.63, 3.8) is 0 Å². The first-order valence-electron chi connectivity index (χ1n) is 6.86. The Balaban J connectivity index is 1.89. The highest BCUT2D eigenvalue weighted by molar-refractivity contribution is 5.81. The lowest BCUT2D eigenvalue weighted by molar-refractivity contribution is -0.286. The van der Waals surface area contributed by atoms with Crippen LogP contribution in [-0.2, 0) is 4.79 Å². The van der Waals surface area contributed by atoms with Crippen LogP contribution in [-0.4, -0.2) is 24.8 Å². The molecule has 0 spiro atoms. The van der Waals surface area contributed by atoms with Gasteiger partial charge in [0.2, 0.25) is 5.91 Å². The molecule has 0 unspecified atom stereocenters. The number of hydrogen-bond acceptors (Lipinski definition) is 4. The number of fused-ring (bicyclic) bond motifs is 1. The summed E-state index contributed by atoms with van der Waals surface area (Å²) in [6, 6.07) is 4.45. The molecule has 2 rings (SSSR count). The van der Waals surface area contributed by atoms with Gasteiger partial charge in [-0.2, -0.15) is 0 Å². The van der Waals surface area contributed by atoms with Crippen molar-refractivity contribution < 1.29 is 23.0 Å². The van der Waals surface area contributed by atoms with Crippen molar-refractivity contribution in [2.24, 2.45) is 0 Å². The third kappa shape index (κ3) is 3.96. The van der Waals surface area contributed by atoms with Gasteiger partial charge in [-0.3, -0.25) is 4.79 Å². The van der Waals surface area contributed by atoms with Gasteiger partial charge in [0.25, 0.3) is 0 Å². The average molecular weight is 300 g/mol. The summed E-state index contributed by atoms with van der Waals surface area (Å²) in [6.07, 6.45) is -1.91. The first kappa shape index (κ1) is 15.3. The summed E-state index contributed by atoms with van der Waals surface area (Å²) in [5.74, 6) is -0.218. The van der Waals surface area contributed by atoms with E-state index in [4.69, 9.17) is 0 Å². The highest BCUT2D eigenvalue weighted by atomic mass is 19.3. The normalized spacial score (nSPS) is 15.1. The van der Waals surface area contributed by atoms with E-state index in [2.05, 4.69) is 20.1 Å². The van der Waals surface area contributed by atoms with Gasteiger partial charge in [0, 0.05) is 17.8 Å². The van der Waals surface area contributed by atoms with E-state index in [0.717, 1.165) is 12.8 Å². The molecule has 0 fully saturated rings. The van der Waals surface area contributed by atoms with Crippen LogP contribution in [0.5, 0.6) is 11.5 Å². The molecule has 0 aromatic heterocycles. The number of ether oxygens (including phenoxy) is 2. The molecule has 1 heterocycles. The van der Waals surface area contributed by atoms with E-state index in [1.807, 2.05) is 13.8 Å². The van der Waals surface area contributed by atoms with E-state index in [-0.39, 0.29) is 30.0 Å². The second kappa shape index (κ2) is 6.15. The van der Waals surface area contributed by atoms with Crippen molar-refractivity contribution in [3.8, 4) is 11.5 Å². The van der Waals surface area contributed by atoms with Crippen LogP contribution < -0.4 is 20.1 Å². The van der Waals surface area contributed by atoms with Gasteiger partial charge in [0.05, 0.1) is 6.54 Å². The molecule has 1 aliphatic heterocycles. The van der Waals surface area contributed by atoms with Crippen molar-refractivity contribution in [2.75, 3.05) is 11.9 Å². The number of carbonyl (C=O) groups is 1. The maximum Gasteiger partial charge on any atom is 0.586 e. The van der Waals surface area contributed by atoms with E-state index in [0.29, 0.717) is 5.69 Å². The molecule has 1 amide bonds. The van der Waals surface area contributed by atoms with Crippen LogP contribution in [0.2, 0.25) is 0 Å². The van der Waals surface area contributed by atoms with E-state index in [1.54, 1.807) is 6.07 Å². The fourth-order valence-electron chi connectivity index (χ4n) is 2.01. The van der Waals surface area contributed by atoms with E-state index >= 15 is 0 Å². The number of carbonyl (C=O) groups excluding carboxylic acids is 1. The topological polar surface area (TPSA) is 59.6 Å². The number of nitrogens with one attached hydrogen (secondary N) is 2. The predicted octanol–water partition coefficient (Wildman–Crippen LogP) is 2.72. The van der Waals surface area contributed by atoms with Crippen molar-refractivity contribution in [1.82, 2.24) is 5.32 Å². The summed E-state index contributed by atoms with van der Waals surface area (Å²) in [5, 5.41) is 5.74. The van der Waals surface area contributed by atoms with Crippen molar-refractivity contribution in [3.05, 3.63) is 18.2 Å². The fraction of sp³-hybridized carbons (Fsp3) is 0.500. The molecule has 0 atom stereocenters. The molecule has 0 saturated heterocycles. The van der Waals surface area contributed by atoms with Crippen molar-refractivity contribution >= 4 is 11.6 Å². The molecule has 116 valence electrons. The zero-order valence-electron chi connectivity index (χ0n) is 11.9. The molecule has 1 aliphatic rings. The highest BCUT2D eigenvalue weighted by Gasteiger charge is 2.43. The number of rotatable bonds is 6. The van der Waals surface area contributed by atoms with Crippen LogP contribution >= 0.6 is 0 Å². The summed E-state index contributed by atoms with van der Waals surface area (Å²) >= 11 is 0. The molecule has 7 heteroatoms. The maximum absolute atomic E-state index is 12.9. The second-order valence-electron chi connectivity index (χ2n) is 4.76. The fourth-order valence-corrected chi connectivity index (χ4v) is 2.01. The van der Waals surface area contributed by atoms with Gasteiger partial charge in [0.1, 0.15) is 0 Å². The first-order chi connectivity index (χ1) is 9.93. The van der Waals surface area contributed by atoms with E-state index < -0.39 is 6.29 Å². The third-order valence-corrected chi connectivity index (χ3v) is 3.21.